The van der Waals surface area contributed by atoms with E-state index in [0.29, 0.717) is 48.7 Å². The van der Waals surface area contributed by atoms with Gasteiger partial charge in [0, 0.05) is 36.2 Å². The monoisotopic (exact) mass is 471 g/mol. The lowest BCUT2D eigenvalue weighted by atomic mass is 9.97. The Bertz CT molecular complexity index is 1290. The Hall–Kier alpha value is -2.49. The van der Waals surface area contributed by atoms with Crippen LogP contribution in [0.25, 0.3) is 10.2 Å². The molecule has 7 nitrogen and oxygen atoms in total. The maximum Gasteiger partial charge on any atom is 0.243 e. The number of hydrogen-bond acceptors (Lipinski definition) is 6. The highest BCUT2D eigenvalue weighted by Gasteiger charge is 2.34. The minimum absolute atomic E-state index is 0.0729. The number of aromatic nitrogens is 1. The Morgan fingerprint density at radius 3 is 2.78 bits per heavy atom. The number of hydrogen-bond donors (Lipinski definition) is 1. The van der Waals surface area contributed by atoms with E-state index in [9.17, 15) is 13.2 Å². The van der Waals surface area contributed by atoms with Crippen LogP contribution >= 0.6 is 11.3 Å². The van der Waals surface area contributed by atoms with Gasteiger partial charge in [0.05, 0.1) is 27.2 Å². The Kier molecular flexibility index (Phi) is 5.43. The van der Waals surface area contributed by atoms with Crippen molar-refractivity contribution in [2.75, 3.05) is 25.0 Å². The molecule has 3 aromatic rings. The lowest BCUT2D eigenvalue weighted by molar-refractivity contribution is -0.120. The molecule has 2 aliphatic rings. The molecule has 1 unspecified atom stereocenters. The number of sulfonamides is 1. The van der Waals surface area contributed by atoms with Crippen molar-refractivity contribution < 1.29 is 17.9 Å². The molecule has 1 amide bonds. The zero-order valence-electron chi connectivity index (χ0n) is 18.0. The van der Waals surface area contributed by atoms with Crippen molar-refractivity contribution in [2.24, 2.45) is 5.92 Å². The van der Waals surface area contributed by atoms with Gasteiger partial charge < -0.3 is 10.1 Å². The second kappa shape index (κ2) is 8.13. The van der Waals surface area contributed by atoms with Crippen LogP contribution in [0, 0.1) is 12.8 Å². The fourth-order valence-electron chi connectivity index (χ4n) is 4.45. The quantitative estimate of drug-likeness (QED) is 0.618. The number of piperidine rings is 1. The molecule has 1 aromatic heterocycles. The summed E-state index contributed by atoms with van der Waals surface area (Å²) in [5.41, 5.74) is 4.99. The van der Waals surface area contributed by atoms with Gasteiger partial charge in [-0.15, -0.1) is 11.3 Å². The van der Waals surface area contributed by atoms with E-state index in [4.69, 9.17) is 4.74 Å². The Labute approximate surface area is 191 Å². The summed E-state index contributed by atoms with van der Waals surface area (Å²) in [6, 6.07) is 9.28. The van der Waals surface area contributed by atoms with Gasteiger partial charge in [0.1, 0.15) is 5.75 Å². The van der Waals surface area contributed by atoms with Crippen LogP contribution in [-0.2, 0) is 14.8 Å². The second-order valence-corrected chi connectivity index (χ2v) is 11.4. The molecule has 2 aliphatic heterocycles. The first-order chi connectivity index (χ1) is 15.3. The average molecular weight is 472 g/mol. The number of rotatable bonds is 4. The molecule has 2 aromatic carbocycles. The molecule has 1 atom stereocenters. The van der Waals surface area contributed by atoms with E-state index >= 15 is 0 Å². The molecule has 3 heterocycles. The van der Waals surface area contributed by atoms with E-state index < -0.39 is 10.0 Å². The third-order valence-electron chi connectivity index (χ3n) is 6.37. The summed E-state index contributed by atoms with van der Waals surface area (Å²) in [4.78, 5) is 17.4. The van der Waals surface area contributed by atoms with Gasteiger partial charge in [-0.3, -0.25) is 4.79 Å². The van der Waals surface area contributed by atoms with Gasteiger partial charge in [-0.1, -0.05) is 6.92 Å². The van der Waals surface area contributed by atoms with E-state index in [0.717, 1.165) is 21.5 Å². The lowest BCUT2D eigenvalue weighted by Gasteiger charge is -2.31. The molecule has 32 heavy (non-hydrogen) atoms. The van der Waals surface area contributed by atoms with Gasteiger partial charge >= 0.3 is 0 Å². The molecule has 0 aliphatic carbocycles. The number of nitrogens with zero attached hydrogens (tertiary/aromatic N) is 2. The van der Waals surface area contributed by atoms with E-state index in [1.54, 1.807) is 29.8 Å². The number of thiazole rings is 1. The van der Waals surface area contributed by atoms with Crippen LogP contribution < -0.4 is 10.1 Å². The van der Waals surface area contributed by atoms with E-state index in [1.165, 1.54) is 4.31 Å². The first kappa shape index (κ1) is 21.4. The van der Waals surface area contributed by atoms with Gasteiger partial charge in [0.15, 0.2) is 0 Å². The topological polar surface area (TPSA) is 88.6 Å². The summed E-state index contributed by atoms with van der Waals surface area (Å²) >= 11 is 1.56. The first-order valence-corrected chi connectivity index (χ1v) is 13.1. The van der Waals surface area contributed by atoms with Crippen molar-refractivity contribution in [2.45, 2.75) is 37.5 Å². The van der Waals surface area contributed by atoms with Gasteiger partial charge in [0.2, 0.25) is 15.9 Å². The summed E-state index contributed by atoms with van der Waals surface area (Å²) in [7, 11) is -3.62. The van der Waals surface area contributed by atoms with Gasteiger partial charge in [-0.2, -0.15) is 4.31 Å². The molecule has 1 N–H and O–H groups in total. The van der Waals surface area contributed by atoms with Gasteiger partial charge in [-0.05, 0) is 55.7 Å². The maximum absolute atomic E-state index is 13.4. The third kappa shape index (κ3) is 3.78. The minimum atomic E-state index is -3.62. The van der Waals surface area contributed by atoms with Crippen LogP contribution in [0.3, 0.4) is 0 Å². The van der Waals surface area contributed by atoms with Crippen LogP contribution in [0.5, 0.6) is 5.75 Å². The second-order valence-electron chi connectivity index (χ2n) is 8.57. The maximum atomic E-state index is 13.4. The summed E-state index contributed by atoms with van der Waals surface area (Å²) in [5.74, 6) is 0.663. The van der Waals surface area contributed by atoms with E-state index in [2.05, 4.69) is 10.3 Å². The summed E-state index contributed by atoms with van der Waals surface area (Å²) in [5, 5.41) is 2.96. The molecule has 5 rings (SSSR count). The molecule has 0 bridgehead atoms. The lowest BCUT2D eigenvalue weighted by Crippen LogP contribution is -2.41. The van der Waals surface area contributed by atoms with Crippen LogP contribution in [0.2, 0.25) is 0 Å². The molecular formula is C23H25N3O4S2. The minimum Gasteiger partial charge on any atom is -0.493 e. The van der Waals surface area contributed by atoms with Crippen molar-refractivity contribution in [1.82, 2.24) is 9.29 Å². The zero-order valence-corrected chi connectivity index (χ0v) is 19.6. The first-order valence-electron chi connectivity index (χ1n) is 10.7. The van der Waals surface area contributed by atoms with Crippen molar-refractivity contribution in [3.8, 4) is 5.75 Å². The number of fused-ring (bicyclic) bond motifs is 2. The number of aryl methyl sites for hydroxylation is 1. The van der Waals surface area contributed by atoms with Gasteiger partial charge in [0.25, 0.3) is 0 Å². The number of ether oxygens (including phenoxy) is 1. The Morgan fingerprint density at radius 1 is 1.22 bits per heavy atom. The molecule has 0 saturated carbocycles. The molecule has 1 fully saturated rings. The highest BCUT2D eigenvalue weighted by molar-refractivity contribution is 7.89. The van der Waals surface area contributed by atoms with E-state index in [-0.39, 0.29) is 17.7 Å². The van der Waals surface area contributed by atoms with E-state index in [1.807, 2.05) is 31.2 Å². The van der Waals surface area contributed by atoms with Crippen LogP contribution in [-0.4, -0.2) is 43.3 Å². The predicted molar refractivity (Wildman–Crippen MR) is 125 cm³/mol. The number of carbonyl (C=O) groups is 1. The van der Waals surface area contributed by atoms with Crippen molar-refractivity contribution in [3.63, 3.8) is 0 Å². The zero-order chi connectivity index (χ0) is 22.5. The highest BCUT2D eigenvalue weighted by Crippen LogP contribution is 2.38. The fraction of sp³-hybridized carbons (Fsp3) is 0.391. The number of amides is 1. The molecular weight excluding hydrogens is 446 g/mol. The number of benzene rings is 2. The smallest absolute Gasteiger partial charge is 0.243 e. The number of nitrogens with one attached hydrogen (secondary N) is 1. The third-order valence-corrected chi connectivity index (χ3v) is 9.22. The molecule has 0 radical (unpaired) electrons. The highest BCUT2D eigenvalue weighted by atomic mass is 32.2. The fourth-order valence-corrected chi connectivity index (χ4v) is 6.82. The largest absolute Gasteiger partial charge is 0.493 e. The summed E-state index contributed by atoms with van der Waals surface area (Å²) in [6.45, 7) is 5.07. The SMILES string of the molecule is Cc1cc2c(cc1S(=O)(=O)N1CCC(C(=O)Nc3ccc4scnc4c3)CC1)C(C)CO2. The number of anilines is 1. The standard InChI is InChI=1S/C23H25N3O4S2/c1-14-9-20-18(15(2)12-30-20)11-22(14)32(28,29)26-7-5-16(6-8-26)23(27)25-17-3-4-21-19(10-17)24-13-31-21/h3-4,9-11,13,15-16H,5-8,12H2,1-2H3,(H,25,27). The Morgan fingerprint density at radius 2 is 2.00 bits per heavy atom. The van der Waals surface area contributed by atoms with Crippen LogP contribution in [0.4, 0.5) is 5.69 Å². The summed E-state index contributed by atoms with van der Waals surface area (Å²) < 4.78 is 35.0. The van der Waals surface area contributed by atoms with Crippen molar-refractivity contribution in [3.05, 3.63) is 47.0 Å². The van der Waals surface area contributed by atoms with Crippen LogP contribution in [0.15, 0.2) is 40.7 Å². The van der Waals surface area contributed by atoms with Crippen molar-refractivity contribution in [1.29, 1.82) is 0 Å². The molecule has 9 heteroatoms. The normalized spacial score (nSPS) is 19.6. The Balaban J connectivity index is 1.27. The predicted octanol–water partition coefficient (Wildman–Crippen LogP) is 4.14. The van der Waals surface area contributed by atoms with Crippen molar-refractivity contribution >= 4 is 43.2 Å². The molecule has 0 spiro atoms. The molecule has 1 saturated heterocycles. The summed E-state index contributed by atoms with van der Waals surface area (Å²) in [6.07, 6.45) is 0.987. The molecule has 168 valence electrons. The van der Waals surface area contributed by atoms with Crippen LogP contribution in [0.1, 0.15) is 36.8 Å². The number of carbonyl (C=O) groups excluding carboxylic acids is 1. The van der Waals surface area contributed by atoms with Gasteiger partial charge in [-0.25, -0.2) is 13.4 Å². The average Bonchev–Trinajstić information content (AvgIpc) is 3.39.